The monoisotopic (exact) mass is 345 g/mol. The molecule has 1 heterocycles. The van der Waals surface area contributed by atoms with Crippen LogP contribution in [0.1, 0.15) is 39.8 Å². The third-order valence-electron chi connectivity index (χ3n) is 3.84. The molecule has 126 valence electrons. The summed E-state index contributed by atoms with van der Waals surface area (Å²) in [5, 5.41) is 10.5. The third kappa shape index (κ3) is 3.59. The zero-order valence-electron chi connectivity index (χ0n) is 13.6. The molecule has 5 nitrogen and oxygen atoms in total. The van der Waals surface area contributed by atoms with Gasteiger partial charge in [0.2, 0.25) is 5.88 Å². The van der Waals surface area contributed by atoms with Crippen molar-refractivity contribution in [1.29, 1.82) is 0 Å². The number of rotatable bonds is 7. The summed E-state index contributed by atoms with van der Waals surface area (Å²) < 4.78 is 10.8. The molecule has 1 N–H and O–H groups in total. The summed E-state index contributed by atoms with van der Waals surface area (Å²) in [4.78, 5) is 17.1. The van der Waals surface area contributed by atoms with E-state index in [0.717, 1.165) is 15.4 Å². The van der Waals surface area contributed by atoms with Gasteiger partial charge in [-0.1, -0.05) is 24.3 Å². The summed E-state index contributed by atoms with van der Waals surface area (Å²) in [7, 11) is 1.43. The van der Waals surface area contributed by atoms with E-state index in [0.29, 0.717) is 17.4 Å². The predicted octanol–water partition coefficient (Wildman–Crippen LogP) is 3.98. The highest BCUT2D eigenvalue weighted by Crippen LogP contribution is 2.43. The standard InChI is InChI=1S/C18H19NO4S/c1-11-16(19-17(24-11)12-7-8-12)23-9-13-5-3-4-6-14(13)15(10-22-2)18(20)21/h3-6,10,12H,7-9H2,1-2H3,(H,20,21)/b15-10+. The number of methoxy groups -OCH3 is 1. The van der Waals surface area contributed by atoms with Gasteiger partial charge >= 0.3 is 5.97 Å². The molecule has 1 aromatic carbocycles. The Morgan fingerprint density at radius 2 is 2.17 bits per heavy atom. The first-order chi connectivity index (χ1) is 11.6. The van der Waals surface area contributed by atoms with Crippen LogP contribution in [0.3, 0.4) is 0 Å². The lowest BCUT2D eigenvalue weighted by molar-refractivity contribution is -0.130. The number of hydrogen-bond donors (Lipinski definition) is 1. The second-order valence-corrected chi connectivity index (χ2v) is 6.94. The van der Waals surface area contributed by atoms with Crippen LogP contribution in [0, 0.1) is 6.92 Å². The minimum Gasteiger partial charge on any atom is -0.503 e. The first-order valence-corrected chi connectivity index (χ1v) is 8.56. The Labute approximate surface area is 144 Å². The fraction of sp³-hybridized carbons (Fsp3) is 0.333. The number of carbonyl (C=O) groups is 1. The first-order valence-electron chi connectivity index (χ1n) is 7.74. The van der Waals surface area contributed by atoms with Gasteiger partial charge < -0.3 is 14.6 Å². The highest BCUT2D eigenvalue weighted by molar-refractivity contribution is 7.12. The lowest BCUT2D eigenvalue weighted by Gasteiger charge is -2.11. The van der Waals surface area contributed by atoms with Crippen molar-refractivity contribution in [3.63, 3.8) is 0 Å². The van der Waals surface area contributed by atoms with Crippen LogP contribution in [0.4, 0.5) is 0 Å². The van der Waals surface area contributed by atoms with Crippen LogP contribution in [0.25, 0.3) is 5.57 Å². The molecule has 2 aromatic rings. The summed E-state index contributed by atoms with van der Waals surface area (Å²) in [5.74, 6) is 0.205. The molecule has 0 aliphatic heterocycles. The van der Waals surface area contributed by atoms with Gasteiger partial charge in [0.15, 0.2) is 0 Å². The van der Waals surface area contributed by atoms with Gasteiger partial charge in [-0.3, -0.25) is 0 Å². The van der Waals surface area contributed by atoms with E-state index in [9.17, 15) is 9.90 Å². The summed E-state index contributed by atoms with van der Waals surface area (Å²) in [6.07, 6.45) is 3.65. The van der Waals surface area contributed by atoms with E-state index in [-0.39, 0.29) is 12.2 Å². The zero-order valence-corrected chi connectivity index (χ0v) is 14.4. The molecule has 24 heavy (non-hydrogen) atoms. The van der Waals surface area contributed by atoms with Crippen molar-refractivity contribution in [2.24, 2.45) is 0 Å². The van der Waals surface area contributed by atoms with E-state index in [1.165, 1.54) is 26.2 Å². The van der Waals surface area contributed by atoms with Gasteiger partial charge in [-0.15, -0.1) is 11.3 Å². The number of aromatic nitrogens is 1. The topological polar surface area (TPSA) is 68.7 Å². The molecule has 1 aliphatic carbocycles. The molecule has 1 aromatic heterocycles. The second kappa shape index (κ2) is 7.05. The lowest BCUT2D eigenvalue weighted by atomic mass is 10.0. The fourth-order valence-corrected chi connectivity index (χ4v) is 3.48. The molecule has 0 bridgehead atoms. The molecule has 0 radical (unpaired) electrons. The molecule has 3 rings (SSSR count). The maximum Gasteiger partial charge on any atom is 0.339 e. The molecule has 0 atom stereocenters. The number of aryl methyl sites for hydroxylation is 1. The normalized spacial score (nSPS) is 14.5. The smallest absolute Gasteiger partial charge is 0.339 e. The van der Waals surface area contributed by atoms with Gasteiger partial charge in [0.1, 0.15) is 17.2 Å². The van der Waals surface area contributed by atoms with Crippen LogP contribution < -0.4 is 4.74 Å². The Hall–Kier alpha value is -2.34. The maximum atomic E-state index is 11.5. The van der Waals surface area contributed by atoms with Crippen molar-refractivity contribution in [1.82, 2.24) is 4.98 Å². The van der Waals surface area contributed by atoms with Crippen LogP contribution in [0.2, 0.25) is 0 Å². The van der Waals surface area contributed by atoms with Gasteiger partial charge in [0.05, 0.1) is 18.2 Å². The number of aliphatic carboxylic acids is 1. The quantitative estimate of drug-likeness (QED) is 0.607. The van der Waals surface area contributed by atoms with Crippen molar-refractivity contribution in [3.8, 4) is 5.88 Å². The van der Waals surface area contributed by atoms with Crippen LogP contribution >= 0.6 is 11.3 Å². The van der Waals surface area contributed by atoms with Gasteiger partial charge in [-0.25, -0.2) is 9.78 Å². The average Bonchev–Trinajstić information content (AvgIpc) is 3.35. The van der Waals surface area contributed by atoms with E-state index in [1.807, 2.05) is 19.1 Å². The summed E-state index contributed by atoms with van der Waals surface area (Å²) in [5.41, 5.74) is 1.47. The van der Waals surface area contributed by atoms with E-state index in [2.05, 4.69) is 4.98 Å². The fourth-order valence-electron chi connectivity index (χ4n) is 2.44. The number of carboxylic acid groups (broad SMARTS) is 1. The van der Waals surface area contributed by atoms with E-state index in [4.69, 9.17) is 9.47 Å². The Morgan fingerprint density at radius 3 is 2.83 bits per heavy atom. The maximum absolute atomic E-state index is 11.5. The van der Waals surface area contributed by atoms with Crippen molar-refractivity contribution in [2.75, 3.05) is 7.11 Å². The summed E-state index contributed by atoms with van der Waals surface area (Å²) in [6, 6.07) is 7.26. The van der Waals surface area contributed by atoms with E-state index < -0.39 is 5.97 Å². The SMILES string of the molecule is CO/C=C(/C(=O)O)c1ccccc1COc1nc(C2CC2)sc1C. The number of nitrogens with zero attached hydrogens (tertiary/aromatic N) is 1. The predicted molar refractivity (Wildman–Crippen MR) is 92.2 cm³/mol. The molecule has 1 fully saturated rings. The van der Waals surface area contributed by atoms with Crippen molar-refractivity contribution >= 4 is 22.9 Å². The molecule has 0 unspecified atom stereocenters. The van der Waals surface area contributed by atoms with Crippen LogP contribution in [-0.4, -0.2) is 23.2 Å². The number of benzene rings is 1. The van der Waals surface area contributed by atoms with Gasteiger partial charge in [0, 0.05) is 5.92 Å². The minimum absolute atomic E-state index is 0.102. The molecule has 1 saturated carbocycles. The molecule has 0 spiro atoms. The van der Waals surface area contributed by atoms with Crippen molar-refractivity contribution in [2.45, 2.75) is 32.3 Å². The molecule has 0 amide bonds. The second-order valence-electron chi connectivity index (χ2n) is 5.71. The van der Waals surface area contributed by atoms with Gasteiger partial charge in [-0.05, 0) is 30.9 Å². The molecule has 6 heteroatoms. The largest absolute Gasteiger partial charge is 0.503 e. The Morgan fingerprint density at radius 1 is 1.42 bits per heavy atom. The highest BCUT2D eigenvalue weighted by Gasteiger charge is 2.28. The Kier molecular flexibility index (Phi) is 4.85. The molecular formula is C18H19NO4S. The van der Waals surface area contributed by atoms with Crippen LogP contribution in [-0.2, 0) is 16.1 Å². The number of thiazole rings is 1. The number of carboxylic acids is 1. The number of ether oxygens (including phenoxy) is 2. The van der Waals surface area contributed by atoms with Gasteiger partial charge in [0.25, 0.3) is 0 Å². The molecule has 1 aliphatic rings. The number of hydrogen-bond acceptors (Lipinski definition) is 5. The third-order valence-corrected chi connectivity index (χ3v) is 4.95. The van der Waals surface area contributed by atoms with Crippen LogP contribution in [0.5, 0.6) is 5.88 Å². The molecule has 0 saturated heterocycles. The summed E-state index contributed by atoms with van der Waals surface area (Å²) in [6.45, 7) is 2.26. The summed E-state index contributed by atoms with van der Waals surface area (Å²) >= 11 is 1.68. The Bertz CT molecular complexity index is 777. The van der Waals surface area contributed by atoms with Crippen molar-refractivity contribution in [3.05, 3.63) is 51.5 Å². The van der Waals surface area contributed by atoms with E-state index in [1.54, 1.807) is 23.5 Å². The lowest BCUT2D eigenvalue weighted by Crippen LogP contribution is -2.06. The average molecular weight is 345 g/mol. The zero-order chi connectivity index (χ0) is 17.1. The first kappa shape index (κ1) is 16.5. The molecular weight excluding hydrogens is 326 g/mol. The highest BCUT2D eigenvalue weighted by atomic mass is 32.1. The van der Waals surface area contributed by atoms with E-state index >= 15 is 0 Å². The van der Waals surface area contributed by atoms with Gasteiger partial charge in [-0.2, -0.15) is 0 Å². The van der Waals surface area contributed by atoms with Crippen molar-refractivity contribution < 1.29 is 19.4 Å². The van der Waals surface area contributed by atoms with Crippen LogP contribution in [0.15, 0.2) is 30.5 Å². The minimum atomic E-state index is -1.04. The Balaban J connectivity index is 1.80.